The molecule has 120 valence electrons. The van der Waals surface area contributed by atoms with Crippen molar-refractivity contribution in [2.45, 2.75) is 36.9 Å². The van der Waals surface area contributed by atoms with E-state index in [-0.39, 0.29) is 18.1 Å². The maximum atomic E-state index is 12.7. The van der Waals surface area contributed by atoms with E-state index in [4.69, 9.17) is 16.7 Å². The van der Waals surface area contributed by atoms with Gasteiger partial charge in [-0.1, -0.05) is 11.6 Å². The summed E-state index contributed by atoms with van der Waals surface area (Å²) in [5.74, 6) is 0. The minimum atomic E-state index is -4.67. The first-order valence-electron chi connectivity index (χ1n) is 5.91. The van der Waals surface area contributed by atoms with Crippen LogP contribution in [-0.4, -0.2) is 25.7 Å². The zero-order valence-corrected chi connectivity index (χ0v) is 12.9. The molecule has 2 N–H and O–H groups in total. The molecule has 4 nitrogen and oxygen atoms in total. The monoisotopic (exact) mass is 345 g/mol. The van der Waals surface area contributed by atoms with Crippen LogP contribution in [0, 0.1) is 0 Å². The Hall–Kier alpha value is -0.830. The molecule has 0 atom stereocenters. The van der Waals surface area contributed by atoms with Crippen molar-refractivity contribution in [3.63, 3.8) is 0 Å². The summed E-state index contributed by atoms with van der Waals surface area (Å²) < 4.78 is 64.6. The largest absolute Gasteiger partial charge is 0.416 e. The molecule has 1 aromatic carbocycles. The predicted molar refractivity (Wildman–Crippen MR) is 72.6 cm³/mol. The van der Waals surface area contributed by atoms with Gasteiger partial charge >= 0.3 is 6.18 Å². The van der Waals surface area contributed by atoms with Crippen molar-refractivity contribution in [3.05, 3.63) is 28.8 Å². The van der Waals surface area contributed by atoms with Crippen molar-refractivity contribution < 1.29 is 26.7 Å². The van der Waals surface area contributed by atoms with Crippen LogP contribution in [0.5, 0.6) is 0 Å². The van der Waals surface area contributed by atoms with Crippen LogP contribution in [0.3, 0.4) is 0 Å². The Balaban J connectivity index is 3.26. The Morgan fingerprint density at radius 1 is 1.29 bits per heavy atom. The van der Waals surface area contributed by atoms with Crippen molar-refractivity contribution in [3.8, 4) is 0 Å². The van der Waals surface area contributed by atoms with Gasteiger partial charge in [0.2, 0.25) is 10.0 Å². The van der Waals surface area contributed by atoms with E-state index in [1.165, 1.54) is 13.8 Å². The summed E-state index contributed by atoms with van der Waals surface area (Å²) in [7, 11) is -4.25. The van der Waals surface area contributed by atoms with Crippen LogP contribution in [0.2, 0.25) is 5.02 Å². The standard InChI is InChI=1S/C12H15ClF3NO3S/c1-11(2,5-6-18)17-21(19,20)10-7-8(12(14,15)16)3-4-9(10)13/h3-4,7,17-18H,5-6H2,1-2H3. The molecular formula is C12H15ClF3NO3S. The van der Waals surface area contributed by atoms with E-state index in [0.717, 1.165) is 6.07 Å². The number of nitrogens with one attached hydrogen (secondary N) is 1. The molecule has 1 aromatic rings. The average Bonchev–Trinajstić information content (AvgIpc) is 2.25. The van der Waals surface area contributed by atoms with E-state index in [1.807, 2.05) is 0 Å². The summed E-state index contributed by atoms with van der Waals surface area (Å²) in [5.41, 5.74) is -2.13. The normalized spacial score (nSPS) is 13.5. The summed E-state index contributed by atoms with van der Waals surface area (Å²) in [4.78, 5) is -0.648. The van der Waals surface area contributed by atoms with Crippen molar-refractivity contribution in [1.29, 1.82) is 0 Å². The zero-order chi connectivity index (χ0) is 16.5. The first-order chi connectivity index (χ1) is 9.39. The number of sulfonamides is 1. The number of hydrogen-bond acceptors (Lipinski definition) is 3. The number of aliphatic hydroxyl groups is 1. The Morgan fingerprint density at radius 2 is 1.86 bits per heavy atom. The highest BCUT2D eigenvalue weighted by Crippen LogP contribution is 2.33. The average molecular weight is 346 g/mol. The van der Waals surface area contributed by atoms with Gasteiger partial charge in [0.25, 0.3) is 0 Å². The third-order valence-corrected chi connectivity index (χ3v) is 4.88. The second-order valence-electron chi connectivity index (χ2n) is 5.11. The van der Waals surface area contributed by atoms with Gasteiger partial charge in [-0.05, 0) is 38.5 Å². The van der Waals surface area contributed by atoms with Crippen molar-refractivity contribution >= 4 is 21.6 Å². The van der Waals surface area contributed by atoms with Gasteiger partial charge < -0.3 is 5.11 Å². The smallest absolute Gasteiger partial charge is 0.396 e. The highest BCUT2D eigenvalue weighted by Gasteiger charge is 2.34. The third kappa shape index (κ3) is 4.84. The lowest BCUT2D eigenvalue weighted by Gasteiger charge is -2.25. The lowest BCUT2D eigenvalue weighted by molar-refractivity contribution is -0.137. The molecule has 0 bridgehead atoms. The minimum Gasteiger partial charge on any atom is -0.396 e. The summed E-state index contributed by atoms with van der Waals surface area (Å²) in [5, 5.41) is 8.56. The van der Waals surface area contributed by atoms with E-state index >= 15 is 0 Å². The van der Waals surface area contributed by atoms with Gasteiger partial charge in [-0.3, -0.25) is 0 Å². The molecule has 21 heavy (non-hydrogen) atoms. The van der Waals surface area contributed by atoms with E-state index in [9.17, 15) is 21.6 Å². The van der Waals surface area contributed by atoms with E-state index in [2.05, 4.69) is 4.72 Å². The minimum absolute atomic E-state index is 0.100. The molecule has 0 unspecified atom stereocenters. The first kappa shape index (κ1) is 18.2. The third-order valence-electron chi connectivity index (χ3n) is 2.70. The van der Waals surface area contributed by atoms with Crippen LogP contribution in [0.4, 0.5) is 13.2 Å². The van der Waals surface area contributed by atoms with E-state index in [0.29, 0.717) is 12.1 Å². The summed E-state index contributed by atoms with van der Waals surface area (Å²) in [6.45, 7) is 2.73. The Morgan fingerprint density at radius 3 is 2.33 bits per heavy atom. The van der Waals surface area contributed by atoms with Gasteiger partial charge in [-0.2, -0.15) is 13.2 Å². The van der Waals surface area contributed by atoms with Gasteiger partial charge in [0.15, 0.2) is 0 Å². The predicted octanol–water partition coefficient (Wildman–Crippen LogP) is 2.80. The van der Waals surface area contributed by atoms with E-state index in [1.54, 1.807) is 0 Å². The maximum Gasteiger partial charge on any atom is 0.416 e. The molecule has 0 aliphatic rings. The van der Waals surface area contributed by atoms with Crippen LogP contribution in [0.1, 0.15) is 25.8 Å². The lowest BCUT2D eigenvalue weighted by Crippen LogP contribution is -2.44. The summed E-state index contributed by atoms with van der Waals surface area (Å²) in [6.07, 6.45) is -4.57. The van der Waals surface area contributed by atoms with Crippen LogP contribution in [0.25, 0.3) is 0 Å². The SMILES string of the molecule is CC(C)(CCO)NS(=O)(=O)c1cc(C(F)(F)F)ccc1Cl. The number of alkyl halides is 3. The number of aliphatic hydroxyl groups excluding tert-OH is 1. The fourth-order valence-corrected chi connectivity index (χ4v) is 3.60. The molecule has 9 heteroatoms. The first-order valence-corrected chi connectivity index (χ1v) is 7.77. The molecule has 0 aliphatic heterocycles. The quantitative estimate of drug-likeness (QED) is 0.862. The van der Waals surface area contributed by atoms with Crippen LogP contribution in [0.15, 0.2) is 23.1 Å². The molecule has 0 fully saturated rings. The molecule has 0 spiro atoms. The number of halogens is 4. The van der Waals surface area contributed by atoms with Crippen molar-refractivity contribution in [2.24, 2.45) is 0 Å². The Labute approximate surface area is 126 Å². The molecule has 0 aromatic heterocycles. The summed E-state index contributed by atoms with van der Waals surface area (Å²) in [6, 6.07) is 2.08. The number of rotatable bonds is 5. The maximum absolute atomic E-state index is 12.7. The number of benzene rings is 1. The van der Waals surface area contributed by atoms with Gasteiger partial charge in [0.05, 0.1) is 10.6 Å². The fourth-order valence-electron chi connectivity index (χ4n) is 1.63. The van der Waals surface area contributed by atoms with Gasteiger partial charge in [-0.25, -0.2) is 13.1 Å². The number of hydrogen-bond donors (Lipinski definition) is 2. The van der Waals surface area contributed by atoms with Gasteiger partial charge in [0, 0.05) is 12.1 Å². The highest BCUT2D eigenvalue weighted by molar-refractivity contribution is 7.89. The Kier molecular flexibility index (Phi) is 5.31. The molecule has 0 radical (unpaired) electrons. The molecular weight excluding hydrogens is 331 g/mol. The van der Waals surface area contributed by atoms with E-state index < -0.39 is 32.2 Å². The second-order valence-corrected chi connectivity index (χ2v) is 7.16. The zero-order valence-electron chi connectivity index (χ0n) is 11.3. The Bertz CT molecular complexity index is 615. The van der Waals surface area contributed by atoms with Crippen LogP contribution >= 0.6 is 11.6 Å². The molecule has 0 saturated carbocycles. The lowest BCUT2D eigenvalue weighted by atomic mass is 10.0. The second kappa shape index (κ2) is 6.12. The summed E-state index contributed by atoms with van der Waals surface area (Å²) >= 11 is 5.70. The highest BCUT2D eigenvalue weighted by atomic mass is 35.5. The van der Waals surface area contributed by atoms with Crippen LogP contribution in [-0.2, 0) is 16.2 Å². The van der Waals surface area contributed by atoms with Crippen molar-refractivity contribution in [1.82, 2.24) is 4.72 Å². The topological polar surface area (TPSA) is 66.4 Å². The molecule has 0 aliphatic carbocycles. The van der Waals surface area contributed by atoms with Crippen molar-refractivity contribution in [2.75, 3.05) is 6.61 Å². The van der Waals surface area contributed by atoms with Gasteiger partial charge in [0.1, 0.15) is 4.90 Å². The molecule has 0 heterocycles. The van der Waals surface area contributed by atoms with Crippen LogP contribution < -0.4 is 4.72 Å². The van der Waals surface area contributed by atoms with Gasteiger partial charge in [-0.15, -0.1) is 0 Å². The molecule has 0 amide bonds. The molecule has 0 saturated heterocycles. The fraction of sp³-hybridized carbons (Fsp3) is 0.500. The molecule has 1 rings (SSSR count).